The number of hydrogen-bond acceptors (Lipinski definition) is 3. The number of H-pyrrole nitrogens is 1. The van der Waals surface area contributed by atoms with Crippen LogP contribution < -0.4 is 0 Å². The van der Waals surface area contributed by atoms with E-state index in [2.05, 4.69) is 39.9 Å². The Morgan fingerprint density at radius 1 is 1.16 bits per heavy atom. The van der Waals surface area contributed by atoms with Gasteiger partial charge in [0, 0.05) is 25.0 Å². The molecule has 1 aromatic heterocycles. The highest BCUT2D eigenvalue weighted by Crippen LogP contribution is 2.34. The van der Waals surface area contributed by atoms with E-state index in [0.29, 0.717) is 17.9 Å². The first-order chi connectivity index (χ1) is 12.2. The zero-order valence-corrected chi connectivity index (χ0v) is 14.9. The monoisotopic (exact) mass is 338 g/mol. The van der Waals surface area contributed by atoms with Gasteiger partial charge in [-0.15, -0.1) is 0 Å². The Labute approximate surface area is 148 Å². The Bertz CT molecular complexity index is 809. The summed E-state index contributed by atoms with van der Waals surface area (Å²) in [7, 11) is 0. The number of rotatable bonds is 3. The van der Waals surface area contributed by atoms with Gasteiger partial charge < -0.3 is 9.88 Å². The van der Waals surface area contributed by atoms with Crippen molar-refractivity contribution in [3.05, 3.63) is 29.6 Å². The number of aromatic nitrogens is 2. The number of imidazole rings is 1. The quantitative estimate of drug-likeness (QED) is 0.936. The standard InChI is InChI=1S/C20H26N4O/c1-13-4-7-16-17(11-13)22-19(21-16)14-3-2-9-23(12-14)18-8-10-24(20(18)25)15-5-6-15/h4,7,11,14-15,18H,2-3,5-6,8-10,12H2,1H3,(H,21,22). The molecule has 5 nitrogen and oxygen atoms in total. The molecule has 2 unspecified atom stereocenters. The first kappa shape index (κ1) is 15.4. The second kappa shape index (κ2) is 5.84. The van der Waals surface area contributed by atoms with Crippen LogP contribution in [0.1, 0.15) is 49.4 Å². The third-order valence-corrected chi connectivity index (χ3v) is 6.14. The lowest BCUT2D eigenvalue weighted by molar-refractivity contribution is -0.133. The number of aromatic amines is 1. The van der Waals surface area contributed by atoms with Gasteiger partial charge in [0.1, 0.15) is 5.82 Å². The Morgan fingerprint density at radius 3 is 2.88 bits per heavy atom. The molecule has 3 fully saturated rings. The number of amides is 1. The molecule has 3 aliphatic rings. The Kier molecular flexibility index (Phi) is 3.59. The highest BCUT2D eigenvalue weighted by molar-refractivity contribution is 5.84. The molecule has 5 heteroatoms. The number of fused-ring (bicyclic) bond motifs is 1. The topological polar surface area (TPSA) is 52.2 Å². The molecule has 3 heterocycles. The number of nitrogens with one attached hydrogen (secondary N) is 1. The summed E-state index contributed by atoms with van der Waals surface area (Å²) in [6, 6.07) is 7.04. The minimum absolute atomic E-state index is 0.107. The fourth-order valence-electron chi connectivity index (χ4n) is 4.62. The molecule has 25 heavy (non-hydrogen) atoms. The first-order valence-electron chi connectivity index (χ1n) is 9.70. The van der Waals surface area contributed by atoms with Gasteiger partial charge in [-0.2, -0.15) is 0 Å². The van der Waals surface area contributed by atoms with Crippen molar-refractivity contribution in [2.75, 3.05) is 19.6 Å². The zero-order chi connectivity index (χ0) is 17.0. The summed E-state index contributed by atoms with van der Waals surface area (Å²) in [6.45, 7) is 5.07. The van der Waals surface area contributed by atoms with Crippen LogP contribution in [0.5, 0.6) is 0 Å². The van der Waals surface area contributed by atoms with Gasteiger partial charge in [0.25, 0.3) is 0 Å². The molecule has 1 aliphatic carbocycles. The van der Waals surface area contributed by atoms with E-state index in [1.165, 1.54) is 18.4 Å². The fourth-order valence-corrected chi connectivity index (χ4v) is 4.62. The van der Waals surface area contributed by atoms with E-state index in [-0.39, 0.29) is 6.04 Å². The molecule has 0 spiro atoms. The number of hydrogen-bond donors (Lipinski definition) is 1. The van der Waals surface area contributed by atoms with Crippen LogP contribution in [-0.2, 0) is 4.79 Å². The molecule has 132 valence electrons. The first-order valence-corrected chi connectivity index (χ1v) is 9.70. The van der Waals surface area contributed by atoms with Crippen LogP contribution in [0.2, 0.25) is 0 Å². The molecule has 2 aromatic rings. The van der Waals surface area contributed by atoms with Crippen LogP contribution in [0.3, 0.4) is 0 Å². The van der Waals surface area contributed by atoms with E-state index < -0.39 is 0 Å². The Hall–Kier alpha value is -1.88. The lowest BCUT2D eigenvalue weighted by Gasteiger charge is -2.35. The van der Waals surface area contributed by atoms with E-state index in [4.69, 9.17) is 4.98 Å². The molecule has 2 atom stereocenters. The number of likely N-dealkylation sites (tertiary alicyclic amines) is 2. The molecule has 0 radical (unpaired) electrons. The number of piperidine rings is 1. The summed E-state index contributed by atoms with van der Waals surface area (Å²) < 4.78 is 0. The van der Waals surface area contributed by atoms with Crippen LogP contribution in [0, 0.1) is 6.92 Å². The molecule has 1 saturated carbocycles. The van der Waals surface area contributed by atoms with Crippen LogP contribution >= 0.6 is 0 Å². The van der Waals surface area contributed by atoms with Gasteiger partial charge in [0.15, 0.2) is 0 Å². The van der Waals surface area contributed by atoms with E-state index in [0.717, 1.165) is 55.8 Å². The normalized spacial score (nSPS) is 28.2. The number of carbonyl (C=O) groups excluding carboxylic acids is 1. The summed E-state index contributed by atoms with van der Waals surface area (Å²) in [5.74, 6) is 1.88. The van der Waals surface area contributed by atoms with Crippen molar-refractivity contribution < 1.29 is 4.79 Å². The second-order valence-corrected chi connectivity index (χ2v) is 8.04. The lowest BCUT2D eigenvalue weighted by Crippen LogP contribution is -2.46. The summed E-state index contributed by atoms with van der Waals surface area (Å²) in [5, 5.41) is 0. The molecule has 0 bridgehead atoms. The molecular formula is C20H26N4O. The fraction of sp³-hybridized carbons (Fsp3) is 0.600. The van der Waals surface area contributed by atoms with Crippen molar-refractivity contribution in [2.24, 2.45) is 0 Å². The van der Waals surface area contributed by atoms with E-state index in [1.807, 2.05) is 0 Å². The van der Waals surface area contributed by atoms with Gasteiger partial charge in [-0.05, 0) is 63.3 Å². The van der Waals surface area contributed by atoms with E-state index in [1.54, 1.807) is 0 Å². The molecular weight excluding hydrogens is 312 g/mol. The van der Waals surface area contributed by atoms with E-state index in [9.17, 15) is 4.79 Å². The maximum Gasteiger partial charge on any atom is 0.240 e. The summed E-state index contributed by atoms with van der Waals surface area (Å²) >= 11 is 0. The van der Waals surface area contributed by atoms with Crippen LogP contribution in [0.25, 0.3) is 11.0 Å². The van der Waals surface area contributed by atoms with Gasteiger partial charge in [0.2, 0.25) is 5.91 Å². The molecule has 1 amide bonds. The maximum atomic E-state index is 12.8. The van der Waals surface area contributed by atoms with Crippen molar-refractivity contribution in [2.45, 2.75) is 57.0 Å². The second-order valence-electron chi connectivity index (χ2n) is 8.04. The molecule has 2 saturated heterocycles. The zero-order valence-electron chi connectivity index (χ0n) is 14.9. The largest absolute Gasteiger partial charge is 0.342 e. The summed E-state index contributed by atoms with van der Waals surface area (Å²) in [4.78, 5) is 25.7. The third kappa shape index (κ3) is 2.74. The SMILES string of the molecule is Cc1ccc2nc(C3CCCN(C4CCN(C5CC5)C4=O)C3)[nH]c2c1. The average Bonchev–Trinajstić information content (AvgIpc) is 3.25. The van der Waals surface area contributed by atoms with Crippen molar-refractivity contribution in [1.82, 2.24) is 19.8 Å². The molecule has 1 aromatic carbocycles. The van der Waals surface area contributed by atoms with E-state index >= 15 is 0 Å². The highest BCUT2D eigenvalue weighted by atomic mass is 16.2. The van der Waals surface area contributed by atoms with Crippen molar-refractivity contribution in [1.29, 1.82) is 0 Å². The van der Waals surface area contributed by atoms with Gasteiger partial charge in [-0.1, -0.05) is 6.07 Å². The van der Waals surface area contributed by atoms with Crippen molar-refractivity contribution >= 4 is 16.9 Å². The van der Waals surface area contributed by atoms with Crippen molar-refractivity contribution in [3.63, 3.8) is 0 Å². The average molecular weight is 338 g/mol. The molecule has 2 aliphatic heterocycles. The van der Waals surface area contributed by atoms with Gasteiger partial charge in [0.05, 0.1) is 17.1 Å². The van der Waals surface area contributed by atoms with Gasteiger partial charge >= 0.3 is 0 Å². The predicted octanol–water partition coefficient (Wildman–Crippen LogP) is 2.81. The Balaban J connectivity index is 1.34. The maximum absolute atomic E-state index is 12.8. The molecule has 1 N–H and O–H groups in total. The number of carbonyl (C=O) groups is 1. The number of benzene rings is 1. The minimum Gasteiger partial charge on any atom is -0.342 e. The molecule has 5 rings (SSSR count). The summed E-state index contributed by atoms with van der Waals surface area (Å²) in [6.07, 6.45) is 5.72. The van der Waals surface area contributed by atoms with Crippen molar-refractivity contribution in [3.8, 4) is 0 Å². The van der Waals surface area contributed by atoms with Crippen LogP contribution in [-0.4, -0.2) is 57.4 Å². The minimum atomic E-state index is 0.107. The highest BCUT2D eigenvalue weighted by Gasteiger charge is 2.43. The van der Waals surface area contributed by atoms with Crippen LogP contribution in [0.15, 0.2) is 18.2 Å². The summed E-state index contributed by atoms with van der Waals surface area (Å²) in [5.41, 5.74) is 3.43. The number of nitrogens with zero attached hydrogens (tertiary/aromatic N) is 3. The third-order valence-electron chi connectivity index (χ3n) is 6.14. The predicted molar refractivity (Wildman–Crippen MR) is 97.5 cm³/mol. The van der Waals surface area contributed by atoms with Gasteiger partial charge in [-0.25, -0.2) is 4.98 Å². The number of aryl methyl sites for hydroxylation is 1. The lowest BCUT2D eigenvalue weighted by atomic mass is 9.95. The van der Waals surface area contributed by atoms with Gasteiger partial charge in [-0.3, -0.25) is 9.69 Å². The smallest absolute Gasteiger partial charge is 0.240 e. The van der Waals surface area contributed by atoms with Crippen LogP contribution in [0.4, 0.5) is 0 Å². The Morgan fingerprint density at radius 2 is 2.04 bits per heavy atom.